The number of hydrogen-bond acceptors (Lipinski definition) is 7. The van der Waals surface area contributed by atoms with Crippen LogP contribution in [0.5, 0.6) is 0 Å². The van der Waals surface area contributed by atoms with Gasteiger partial charge in [0.1, 0.15) is 6.04 Å². The highest BCUT2D eigenvalue weighted by Gasteiger charge is 2.37. The number of tetrazole rings is 1. The van der Waals surface area contributed by atoms with Gasteiger partial charge in [-0.3, -0.25) is 9.59 Å². The van der Waals surface area contributed by atoms with Crippen molar-refractivity contribution in [2.24, 2.45) is 5.92 Å². The van der Waals surface area contributed by atoms with Crippen molar-refractivity contribution < 1.29 is 9.59 Å². The van der Waals surface area contributed by atoms with Crippen molar-refractivity contribution in [3.05, 3.63) is 30.3 Å². The lowest BCUT2D eigenvalue weighted by atomic mass is 9.83. The first-order chi connectivity index (χ1) is 17.4. The lowest BCUT2D eigenvalue weighted by molar-refractivity contribution is -0.140. The molecule has 0 radical (unpaired) electrons. The predicted octanol–water partition coefficient (Wildman–Crippen LogP) is 2.57. The molecule has 1 fully saturated rings. The average Bonchev–Trinajstić information content (AvgIpc) is 3.38. The van der Waals surface area contributed by atoms with Crippen LogP contribution in [0, 0.1) is 5.92 Å². The molecular weight excluding hydrogens is 456 g/mol. The van der Waals surface area contributed by atoms with E-state index in [4.69, 9.17) is 0 Å². The van der Waals surface area contributed by atoms with Crippen LogP contribution in [0.2, 0.25) is 0 Å². The Morgan fingerprint density at radius 2 is 1.81 bits per heavy atom. The molecule has 3 N–H and O–H groups in total. The lowest BCUT2D eigenvalue weighted by Gasteiger charge is -2.39. The molecule has 3 unspecified atom stereocenters. The number of carbonyl (C=O) groups excluding carboxylic acids is 2. The predicted molar refractivity (Wildman–Crippen MR) is 141 cm³/mol. The molecule has 0 spiro atoms. The van der Waals surface area contributed by atoms with Gasteiger partial charge in [-0.2, -0.15) is 0 Å². The minimum atomic E-state index is -0.525. The summed E-state index contributed by atoms with van der Waals surface area (Å²) >= 11 is 0. The van der Waals surface area contributed by atoms with Crippen LogP contribution in [0.1, 0.15) is 66.2 Å². The molecule has 3 rings (SSSR count). The van der Waals surface area contributed by atoms with Gasteiger partial charge >= 0.3 is 0 Å². The zero-order valence-corrected chi connectivity index (χ0v) is 22.3. The van der Waals surface area contributed by atoms with Gasteiger partial charge in [0.25, 0.3) is 0 Å². The van der Waals surface area contributed by atoms with Crippen molar-refractivity contribution in [2.45, 2.75) is 90.4 Å². The molecule has 1 aromatic carbocycles. The van der Waals surface area contributed by atoms with E-state index in [0.29, 0.717) is 12.4 Å². The summed E-state index contributed by atoms with van der Waals surface area (Å²) in [4.78, 5) is 30.3. The first-order valence-corrected chi connectivity index (χ1v) is 13.3. The van der Waals surface area contributed by atoms with Gasteiger partial charge < -0.3 is 21.0 Å². The fraction of sp³-hybridized carbons (Fsp3) is 0.654. The molecule has 0 aliphatic heterocycles. The third-order valence-corrected chi connectivity index (χ3v) is 7.30. The number of likely N-dealkylation sites (N-methyl/N-ethyl adjacent to an activating group) is 1. The molecule has 10 heteroatoms. The Kier molecular flexibility index (Phi) is 10.2. The summed E-state index contributed by atoms with van der Waals surface area (Å²) in [7, 11) is 1.75. The van der Waals surface area contributed by atoms with Crippen LogP contribution in [-0.2, 0) is 9.59 Å². The number of carbonyl (C=O) groups is 2. The molecule has 1 saturated carbocycles. The first kappa shape index (κ1) is 27.6. The Morgan fingerprint density at radius 3 is 2.44 bits per heavy atom. The number of nitrogens with zero attached hydrogens (tertiary/aromatic N) is 5. The maximum Gasteiger partial charge on any atom is 0.245 e. The van der Waals surface area contributed by atoms with Gasteiger partial charge in [0.05, 0.1) is 18.1 Å². The molecule has 4 atom stereocenters. The second-order valence-corrected chi connectivity index (χ2v) is 9.87. The topological polar surface area (TPSA) is 117 Å². The van der Waals surface area contributed by atoms with Crippen LogP contribution in [0.4, 0.5) is 0 Å². The molecule has 1 aliphatic rings. The Bertz CT molecular complexity index is 960. The summed E-state index contributed by atoms with van der Waals surface area (Å²) < 4.78 is 0. The van der Waals surface area contributed by atoms with Crippen molar-refractivity contribution in [3.8, 4) is 11.4 Å². The van der Waals surface area contributed by atoms with Crippen LogP contribution < -0.4 is 16.1 Å². The Hall–Kier alpha value is -3.01. The van der Waals surface area contributed by atoms with E-state index in [1.165, 1.54) is 6.42 Å². The molecule has 36 heavy (non-hydrogen) atoms. The van der Waals surface area contributed by atoms with E-state index in [1.54, 1.807) is 11.8 Å². The van der Waals surface area contributed by atoms with Gasteiger partial charge in [-0.1, -0.05) is 56.5 Å². The van der Waals surface area contributed by atoms with E-state index in [9.17, 15) is 9.59 Å². The highest BCUT2D eigenvalue weighted by molar-refractivity contribution is 5.90. The monoisotopic (exact) mass is 498 g/mol. The van der Waals surface area contributed by atoms with Gasteiger partial charge in [-0.05, 0) is 63.4 Å². The molecule has 1 aromatic heterocycles. The average molecular weight is 499 g/mol. The van der Waals surface area contributed by atoms with Gasteiger partial charge in [-0.15, -0.1) is 9.89 Å². The smallest absolute Gasteiger partial charge is 0.245 e. The minimum Gasteiger partial charge on any atom is -0.343 e. The van der Waals surface area contributed by atoms with Crippen LogP contribution in [0.25, 0.3) is 11.4 Å². The van der Waals surface area contributed by atoms with Gasteiger partial charge in [0.15, 0.2) is 0 Å². The van der Waals surface area contributed by atoms with Crippen LogP contribution in [-0.4, -0.2) is 74.8 Å². The van der Waals surface area contributed by atoms with Crippen LogP contribution in [0.15, 0.2) is 30.3 Å². The molecule has 1 heterocycles. The second-order valence-electron chi connectivity index (χ2n) is 9.87. The van der Waals surface area contributed by atoms with Crippen molar-refractivity contribution in [1.29, 1.82) is 0 Å². The Balaban J connectivity index is 1.79. The molecule has 2 aromatic rings. The second kappa shape index (κ2) is 13.3. The fourth-order valence-corrected chi connectivity index (χ4v) is 4.80. The SMILES string of the molecule is CCCN(C(=O)C(NC(=O)[C@H](C)NC)C1CCCCC1)C(C)C(C)Nn1nnnc1-c1ccccc1. The van der Waals surface area contributed by atoms with E-state index in [2.05, 4.69) is 38.5 Å². The molecule has 198 valence electrons. The van der Waals surface area contributed by atoms with Gasteiger partial charge in [0, 0.05) is 12.1 Å². The Labute approximate surface area is 214 Å². The summed E-state index contributed by atoms with van der Waals surface area (Å²) in [5.41, 5.74) is 4.26. The molecule has 1 aliphatic carbocycles. The Morgan fingerprint density at radius 1 is 1.11 bits per heavy atom. The summed E-state index contributed by atoms with van der Waals surface area (Å²) in [5.74, 6) is 0.606. The summed E-state index contributed by atoms with van der Waals surface area (Å²) in [6, 6.07) is 8.54. The molecule has 10 nitrogen and oxygen atoms in total. The number of rotatable bonds is 12. The normalized spacial score (nSPS) is 17.6. The van der Waals surface area contributed by atoms with Crippen LogP contribution in [0.3, 0.4) is 0 Å². The third-order valence-electron chi connectivity index (χ3n) is 7.30. The molecule has 2 amide bonds. The zero-order chi connectivity index (χ0) is 26.1. The number of hydrogen-bond donors (Lipinski definition) is 3. The largest absolute Gasteiger partial charge is 0.343 e. The van der Waals surface area contributed by atoms with E-state index in [0.717, 1.165) is 37.7 Å². The lowest BCUT2D eigenvalue weighted by Crippen LogP contribution is -2.59. The number of benzene rings is 1. The number of amides is 2. The van der Waals surface area contributed by atoms with Gasteiger partial charge in [-0.25, -0.2) is 0 Å². The van der Waals surface area contributed by atoms with Crippen molar-refractivity contribution in [1.82, 2.24) is 35.8 Å². The third kappa shape index (κ3) is 6.81. The van der Waals surface area contributed by atoms with E-state index < -0.39 is 6.04 Å². The van der Waals surface area contributed by atoms with E-state index in [-0.39, 0.29) is 35.9 Å². The maximum atomic E-state index is 14.0. The molecule has 0 bridgehead atoms. The van der Waals surface area contributed by atoms with E-state index >= 15 is 0 Å². The maximum absolute atomic E-state index is 14.0. The first-order valence-electron chi connectivity index (χ1n) is 13.3. The number of nitrogens with one attached hydrogen (secondary N) is 3. The fourth-order valence-electron chi connectivity index (χ4n) is 4.80. The van der Waals surface area contributed by atoms with Crippen molar-refractivity contribution in [3.63, 3.8) is 0 Å². The zero-order valence-electron chi connectivity index (χ0n) is 22.3. The minimum absolute atomic E-state index is 0.0125. The summed E-state index contributed by atoms with van der Waals surface area (Å²) in [6.45, 7) is 8.54. The summed E-state index contributed by atoms with van der Waals surface area (Å²) in [6.07, 6.45) is 6.10. The number of aromatic nitrogens is 4. The van der Waals surface area contributed by atoms with E-state index in [1.807, 2.05) is 56.0 Å². The highest BCUT2D eigenvalue weighted by atomic mass is 16.2. The quantitative estimate of drug-likeness (QED) is 0.412. The van der Waals surface area contributed by atoms with Crippen LogP contribution >= 0.6 is 0 Å². The van der Waals surface area contributed by atoms with Crippen molar-refractivity contribution in [2.75, 3.05) is 19.0 Å². The molecule has 0 saturated heterocycles. The van der Waals surface area contributed by atoms with Crippen molar-refractivity contribution >= 4 is 11.8 Å². The highest BCUT2D eigenvalue weighted by Crippen LogP contribution is 2.28. The van der Waals surface area contributed by atoms with Gasteiger partial charge in [0.2, 0.25) is 17.6 Å². The standard InChI is InChI=1S/C26H42N8O2/c1-6-17-33(26(36)23(21-13-9-7-10-14-21)28-25(35)19(3)27-5)20(4)18(2)30-34-24(29-31-32-34)22-15-11-8-12-16-22/h8,11-12,15-16,18-21,23,27,30H,6-7,9-10,13-14,17H2,1-5H3,(H,28,35)/t18?,19-,20?,23?/m0/s1. The summed E-state index contributed by atoms with van der Waals surface area (Å²) in [5, 5.41) is 18.2. The molecular formula is C26H42N8O2.